The molecule has 0 aliphatic carbocycles. The maximum Gasteiger partial charge on any atom is 0.160 e. The van der Waals surface area contributed by atoms with Crippen molar-refractivity contribution in [3.63, 3.8) is 0 Å². The van der Waals surface area contributed by atoms with Gasteiger partial charge in [-0.05, 0) is 56.9 Å². The molecule has 2 aliphatic heterocycles. The van der Waals surface area contributed by atoms with Crippen molar-refractivity contribution in [2.24, 2.45) is 5.92 Å². The Kier molecular flexibility index (Phi) is 3.84. The molecule has 2 atom stereocenters. The van der Waals surface area contributed by atoms with Crippen LogP contribution in [0.25, 0.3) is 11.2 Å². The highest BCUT2D eigenvalue weighted by atomic mass is 15.2. The van der Waals surface area contributed by atoms with Gasteiger partial charge in [0, 0.05) is 19.3 Å². The molecule has 0 spiro atoms. The number of fused-ring (bicyclic) bond motifs is 1. The molecular formula is C17H25N5. The molecule has 2 unspecified atom stereocenters. The van der Waals surface area contributed by atoms with Crippen LogP contribution in [0.1, 0.15) is 38.1 Å². The van der Waals surface area contributed by atoms with Crippen LogP contribution in [0.4, 0.5) is 0 Å². The minimum absolute atomic E-state index is 0.401. The topological polar surface area (TPSA) is 46.0 Å². The first-order chi connectivity index (χ1) is 10.8. The van der Waals surface area contributed by atoms with Crippen molar-refractivity contribution in [1.82, 2.24) is 24.8 Å². The smallest absolute Gasteiger partial charge is 0.160 e. The molecule has 118 valence electrons. The Bertz CT molecular complexity index is 644. The van der Waals surface area contributed by atoms with Crippen LogP contribution in [0.2, 0.25) is 0 Å². The van der Waals surface area contributed by atoms with Gasteiger partial charge < -0.3 is 14.8 Å². The van der Waals surface area contributed by atoms with E-state index in [9.17, 15) is 0 Å². The lowest BCUT2D eigenvalue weighted by Crippen LogP contribution is -2.23. The molecular weight excluding hydrogens is 274 g/mol. The second-order valence-electron chi connectivity index (χ2n) is 6.62. The van der Waals surface area contributed by atoms with E-state index in [4.69, 9.17) is 4.98 Å². The van der Waals surface area contributed by atoms with Gasteiger partial charge in [0.2, 0.25) is 0 Å². The summed E-state index contributed by atoms with van der Waals surface area (Å²) in [7, 11) is 0. The van der Waals surface area contributed by atoms with Crippen LogP contribution >= 0.6 is 0 Å². The van der Waals surface area contributed by atoms with E-state index in [1.165, 1.54) is 38.2 Å². The van der Waals surface area contributed by atoms with Gasteiger partial charge in [-0.25, -0.2) is 9.97 Å². The molecule has 5 nitrogen and oxygen atoms in total. The highest BCUT2D eigenvalue weighted by Gasteiger charge is 2.27. The molecule has 1 N–H and O–H groups in total. The molecule has 2 saturated heterocycles. The van der Waals surface area contributed by atoms with Gasteiger partial charge in [0.1, 0.15) is 11.3 Å². The summed E-state index contributed by atoms with van der Waals surface area (Å²) < 4.78 is 2.39. The van der Waals surface area contributed by atoms with Crippen LogP contribution in [-0.4, -0.2) is 45.6 Å². The lowest BCUT2D eigenvalue weighted by atomic mass is 10.1. The summed E-state index contributed by atoms with van der Waals surface area (Å²) in [6.07, 6.45) is 5.61. The summed E-state index contributed by atoms with van der Waals surface area (Å²) in [6.45, 7) is 8.02. The minimum atomic E-state index is 0.401. The van der Waals surface area contributed by atoms with E-state index in [1.54, 1.807) is 0 Å². The summed E-state index contributed by atoms with van der Waals surface area (Å²) >= 11 is 0. The fourth-order valence-corrected chi connectivity index (χ4v) is 3.93. The van der Waals surface area contributed by atoms with Crippen molar-refractivity contribution in [3.8, 4) is 0 Å². The SMILES string of the molecule is CCN1CCC(Cn2c(C3CCCN3)nc3cccnc32)C1. The fraction of sp³-hybridized carbons (Fsp3) is 0.647. The molecule has 5 heteroatoms. The van der Waals surface area contributed by atoms with Gasteiger partial charge in [-0.15, -0.1) is 0 Å². The van der Waals surface area contributed by atoms with E-state index in [0.29, 0.717) is 6.04 Å². The molecule has 0 saturated carbocycles. The monoisotopic (exact) mass is 299 g/mol. The van der Waals surface area contributed by atoms with Crippen molar-refractivity contribution in [2.75, 3.05) is 26.2 Å². The first-order valence-electron chi connectivity index (χ1n) is 8.62. The zero-order chi connectivity index (χ0) is 14.9. The molecule has 2 aliphatic rings. The number of nitrogens with zero attached hydrogens (tertiary/aromatic N) is 4. The maximum absolute atomic E-state index is 4.90. The van der Waals surface area contributed by atoms with Gasteiger partial charge in [0.25, 0.3) is 0 Å². The molecule has 22 heavy (non-hydrogen) atoms. The second kappa shape index (κ2) is 5.97. The third-order valence-corrected chi connectivity index (χ3v) is 5.16. The van der Waals surface area contributed by atoms with Gasteiger partial charge in [-0.2, -0.15) is 0 Å². The van der Waals surface area contributed by atoms with Gasteiger partial charge in [0.15, 0.2) is 5.65 Å². The number of hydrogen-bond acceptors (Lipinski definition) is 4. The summed E-state index contributed by atoms with van der Waals surface area (Å²) in [4.78, 5) is 12.1. The quantitative estimate of drug-likeness (QED) is 0.940. The van der Waals surface area contributed by atoms with Crippen molar-refractivity contribution in [3.05, 3.63) is 24.2 Å². The van der Waals surface area contributed by atoms with Gasteiger partial charge in [-0.3, -0.25) is 0 Å². The molecule has 0 radical (unpaired) electrons. The van der Waals surface area contributed by atoms with Crippen molar-refractivity contribution in [1.29, 1.82) is 0 Å². The average molecular weight is 299 g/mol. The predicted octanol–water partition coefficient (Wildman–Crippen LogP) is 2.20. The van der Waals surface area contributed by atoms with Gasteiger partial charge >= 0.3 is 0 Å². The Morgan fingerprint density at radius 3 is 3.09 bits per heavy atom. The lowest BCUT2D eigenvalue weighted by molar-refractivity contribution is 0.331. The second-order valence-corrected chi connectivity index (χ2v) is 6.62. The van der Waals surface area contributed by atoms with E-state index in [0.717, 1.165) is 36.7 Å². The standard InChI is InChI=1S/C17H25N5/c1-2-21-10-7-13(11-21)12-22-16-15(6-4-9-19-16)20-17(22)14-5-3-8-18-14/h4,6,9,13-14,18H,2-3,5,7-8,10-12H2,1H3. The molecule has 4 rings (SSSR count). The molecule has 2 fully saturated rings. The third-order valence-electron chi connectivity index (χ3n) is 5.16. The van der Waals surface area contributed by atoms with Crippen molar-refractivity contribution in [2.45, 2.75) is 38.8 Å². The van der Waals surface area contributed by atoms with Crippen LogP contribution < -0.4 is 5.32 Å². The molecule has 0 aromatic carbocycles. The predicted molar refractivity (Wildman–Crippen MR) is 87.7 cm³/mol. The van der Waals surface area contributed by atoms with Crippen LogP contribution in [0, 0.1) is 5.92 Å². The van der Waals surface area contributed by atoms with E-state index < -0.39 is 0 Å². The van der Waals surface area contributed by atoms with Crippen LogP contribution in [0.15, 0.2) is 18.3 Å². The number of imidazole rings is 1. The summed E-state index contributed by atoms with van der Waals surface area (Å²) in [5, 5.41) is 3.60. The summed E-state index contributed by atoms with van der Waals surface area (Å²) in [5.41, 5.74) is 2.10. The number of aromatic nitrogens is 3. The minimum Gasteiger partial charge on any atom is -0.311 e. The van der Waals surface area contributed by atoms with Crippen LogP contribution in [0.3, 0.4) is 0 Å². The van der Waals surface area contributed by atoms with Gasteiger partial charge in [0.05, 0.1) is 6.04 Å². The van der Waals surface area contributed by atoms with E-state index in [2.05, 4.69) is 32.8 Å². The number of likely N-dealkylation sites (tertiary alicyclic amines) is 1. The van der Waals surface area contributed by atoms with Crippen LogP contribution in [0.5, 0.6) is 0 Å². The normalized spacial score (nSPS) is 26.2. The first-order valence-corrected chi connectivity index (χ1v) is 8.62. The summed E-state index contributed by atoms with van der Waals surface area (Å²) in [6, 6.07) is 4.47. The average Bonchev–Trinajstić information content (AvgIpc) is 3.27. The number of pyridine rings is 1. The molecule has 0 bridgehead atoms. The zero-order valence-corrected chi connectivity index (χ0v) is 13.3. The van der Waals surface area contributed by atoms with E-state index >= 15 is 0 Å². The number of rotatable bonds is 4. The van der Waals surface area contributed by atoms with Crippen LogP contribution in [-0.2, 0) is 6.54 Å². The van der Waals surface area contributed by atoms with E-state index in [-0.39, 0.29) is 0 Å². The number of nitrogens with one attached hydrogen (secondary N) is 1. The van der Waals surface area contributed by atoms with Crippen molar-refractivity contribution < 1.29 is 0 Å². The molecule has 0 amide bonds. The Labute approximate surface area is 131 Å². The fourth-order valence-electron chi connectivity index (χ4n) is 3.93. The molecule has 4 heterocycles. The highest BCUT2D eigenvalue weighted by molar-refractivity contribution is 5.71. The lowest BCUT2D eigenvalue weighted by Gasteiger charge is -2.18. The Hall–Kier alpha value is -1.46. The highest BCUT2D eigenvalue weighted by Crippen LogP contribution is 2.28. The summed E-state index contributed by atoms with van der Waals surface area (Å²) in [5.74, 6) is 1.92. The van der Waals surface area contributed by atoms with Crippen molar-refractivity contribution >= 4 is 11.2 Å². The maximum atomic E-state index is 4.90. The largest absolute Gasteiger partial charge is 0.311 e. The van der Waals surface area contributed by atoms with E-state index in [1.807, 2.05) is 12.3 Å². The first kappa shape index (κ1) is 14.2. The third kappa shape index (κ3) is 2.52. The Balaban J connectivity index is 1.66. The Morgan fingerprint density at radius 1 is 1.36 bits per heavy atom. The Morgan fingerprint density at radius 2 is 2.32 bits per heavy atom. The zero-order valence-electron chi connectivity index (χ0n) is 13.3. The van der Waals surface area contributed by atoms with Gasteiger partial charge in [-0.1, -0.05) is 6.92 Å². The molecule has 2 aromatic rings. The molecule has 2 aromatic heterocycles. The number of hydrogen-bond donors (Lipinski definition) is 1.